The number of nitrogens with zero attached hydrogens (tertiary/aromatic N) is 2. The first-order valence-electron chi connectivity index (χ1n) is 8.42. The largest absolute Gasteiger partial charge is 0.281 e. The normalized spacial score (nSPS) is 10.7. The lowest BCUT2D eigenvalue weighted by molar-refractivity contribution is -0.111. The number of hydrogen-bond donors (Lipinski definition) is 0. The summed E-state index contributed by atoms with van der Waals surface area (Å²) in [5.74, 6) is 0.686. The number of rotatable bonds is 6. The number of benzene rings is 2. The highest BCUT2D eigenvalue weighted by Gasteiger charge is 2.08. The zero-order valence-electron chi connectivity index (χ0n) is 14.4. The molecule has 5 heteroatoms. The molecule has 0 N–H and O–H groups in total. The van der Waals surface area contributed by atoms with Crippen LogP contribution in [0.5, 0.6) is 0 Å². The van der Waals surface area contributed by atoms with Gasteiger partial charge in [-0.3, -0.25) is 4.79 Å². The molecular weight excluding hydrogens is 367 g/mol. The molecule has 0 amide bonds. The zero-order chi connectivity index (χ0) is 18.5. The summed E-state index contributed by atoms with van der Waals surface area (Å²) >= 11 is 11.5. The van der Waals surface area contributed by atoms with E-state index in [9.17, 15) is 4.79 Å². The molecule has 3 aromatic rings. The van der Waals surface area contributed by atoms with Crippen molar-refractivity contribution in [1.82, 2.24) is 9.97 Å². The van der Waals surface area contributed by atoms with E-state index < -0.39 is 0 Å². The molecule has 0 atom stereocenters. The third-order valence-corrected chi connectivity index (χ3v) is 4.40. The van der Waals surface area contributed by atoms with E-state index in [0.29, 0.717) is 17.3 Å². The van der Waals surface area contributed by atoms with Crippen molar-refractivity contribution < 1.29 is 4.79 Å². The maximum atomic E-state index is 11.0. The van der Waals surface area contributed by atoms with Gasteiger partial charge in [0, 0.05) is 34.8 Å². The van der Waals surface area contributed by atoms with Crippen molar-refractivity contribution in [2.24, 2.45) is 0 Å². The summed E-state index contributed by atoms with van der Waals surface area (Å²) in [4.78, 5) is 20.3. The van der Waals surface area contributed by atoms with E-state index >= 15 is 0 Å². The molecule has 3 rings (SSSR count). The van der Waals surface area contributed by atoms with Crippen LogP contribution in [0.2, 0.25) is 5.02 Å². The molecule has 1 heterocycles. The zero-order valence-corrected chi connectivity index (χ0v) is 15.9. The van der Waals surface area contributed by atoms with Gasteiger partial charge in [0.05, 0.1) is 0 Å². The third kappa shape index (κ3) is 4.90. The van der Waals surface area contributed by atoms with Crippen molar-refractivity contribution in [2.45, 2.75) is 26.2 Å². The van der Waals surface area contributed by atoms with Gasteiger partial charge in [0.25, 0.3) is 0 Å². The topological polar surface area (TPSA) is 42.9 Å². The number of carbonyl (C=O) groups excluding carboxylic acids is 1. The number of halogens is 2. The van der Waals surface area contributed by atoms with Gasteiger partial charge < -0.3 is 0 Å². The van der Waals surface area contributed by atoms with Crippen LogP contribution in [-0.2, 0) is 24.1 Å². The summed E-state index contributed by atoms with van der Waals surface area (Å²) in [5, 5.41) is 0.311. The molecule has 1 aromatic heterocycles. The Morgan fingerprint density at radius 2 is 1.65 bits per heavy atom. The Hall–Kier alpha value is -2.23. The van der Waals surface area contributed by atoms with E-state index in [0.717, 1.165) is 34.5 Å². The second kappa shape index (κ2) is 8.43. The van der Waals surface area contributed by atoms with Gasteiger partial charge in [-0.1, -0.05) is 54.9 Å². The second-order valence-electron chi connectivity index (χ2n) is 6.06. The first kappa shape index (κ1) is 18.6. The predicted octanol–water partition coefficient (Wildman–Crippen LogP) is 5.26. The van der Waals surface area contributed by atoms with Crippen molar-refractivity contribution in [3.63, 3.8) is 0 Å². The van der Waals surface area contributed by atoms with Gasteiger partial charge in [-0.05, 0) is 47.3 Å². The van der Waals surface area contributed by atoms with Crippen LogP contribution in [0.3, 0.4) is 0 Å². The Balaban J connectivity index is 1.87. The molecule has 0 unspecified atom stereocenters. The minimum Gasteiger partial charge on any atom is -0.281 e. The molecule has 0 saturated heterocycles. The molecule has 132 valence electrons. The average molecular weight is 385 g/mol. The van der Waals surface area contributed by atoms with Crippen molar-refractivity contribution >= 4 is 28.4 Å². The molecule has 0 fully saturated rings. The summed E-state index contributed by atoms with van der Waals surface area (Å²) in [6.45, 7) is 2.08. The van der Waals surface area contributed by atoms with Gasteiger partial charge in [0.1, 0.15) is 0 Å². The van der Waals surface area contributed by atoms with E-state index in [1.54, 1.807) is 0 Å². The van der Waals surface area contributed by atoms with Crippen LogP contribution in [0.25, 0.3) is 11.4 Å². The Labute approximate surface area is 163 Å². The van der Waals surface area contributed by atoms with Crippen LogP contribution >= 0.6 is 23.2 Å². The number of hydrogen-bond acceptors (Lipinski definition) is 3. The molecule has 0 aliphatic rings. The summed E-state index contributed by atoms with van der Waals surface area (Å²) in [6, 6.07) is 17.5. The standard InChI is InChI=1S/C21H18Cl2N2O/c1-2-18-13-19(10-14-6-8-15(9-7-14)11-20(23)26)25-21(24-18)16-4-3-5-17(22)12-16/h3-9,12-13H,2,10-11H2,1H3. The van der Waals surface area contributed by atoms with Crippen LogP contribution in [0.15, 0.2) is 54.6 Å². The lowest BCUT2D eigenvalue weighted by atomic mass is 10.0. The minimum absolute atomic E-state index is 0.244. The highest BCUT2D eigenvalue weighted by molar-refractivity contribution is 6.63. The molecule has 0 saturated carbocycles. The van der Waals surface area contributed by atoms with Crippen molar-refractivity contribution in [3.8, 4) is 11.4 Å². The number of aromatic nitrogens is 2. The first-order valence-corrected chi connectivity index (χ1v) is 9.18. The van der Waals surface area contributed by atoms with Crippen LogP contribution in [0, 0.1) is 0 Å². The maximum absolute atomic E-state index is 11.0. The Bertz CT molecular complexity index is 924. The van der Waals surface area contributed by atoms with Gasteiger partial charge in [-0.15, -0.1) is 0 Å². The van der Waals surface area contributed by atoms with Crippen LogP contribution in [0.1, 0.15) is 29.4 Å². The fraction of sp³-hybridized carbons (Fsp3) is 0.190. The van der Waals surface area contributed by atoms with Crippen LogP contribution in [0.4, 0.5) is 0 Å². The maximum Gasteiger partial charge on any atom is 0.226 e. The van der Waals surface area contributed by atoms with Crippen LogP contribution < -0.4 is 0 Å². The van der Waals surface area contributed by atoms with Gasteiger partial charge in [0.15, 0.2) is 5.82 Å². The quantitative estimate of drug-likeness (QED) is 0.544. The molecule has 0 bridgehead atoms. The highest BCUT2D eigenvalue weighted by Crippen LogP contribution is 2.21. The fourth-order valence-electron chi connectivity index (χ4n) is 2.73. The Morgan fingerprint density at radius 3 is 2.31 bits per heavy atom. The molecule has 26 heavy (non-hydrogen) atoms. The summed E-state index contributed by atoms with van der Waals surface area (Å²) in [7, 11) is 0. The molecule has 3 nitrogen and oxygen atoms in total. The Morgan fingerprint density at radius 1 is 0.962 bits per heavy atom. The van der Waals surface area contributed by atoms with E-state index in [1.807, 2.05) is 54.6 Å². The monoisotopic (exact) mass is 384 g/mol. The van der Waals surface area contributed by atoms with Crippen molar-refractivity contribution in [1.29, 1.82) is 0 Å². The first-order chi connectivity index (χ1) is 12.5. The van der Waals surface area contributed by atoms with Gasteiger partial charge in [-0.2, -0.15) is 0 Å². The molecular formula is C21H18Cl2N2O. The lowest BCUT2D eigenvalue weighted by Gasteiger charge is -2.08. The summed E-state index contributed by atoms with van der Waals surface area (Å²) in [6.07, 6.45) is 1.77. The second-order valence-corrected chi connectivity index (χ2v) is 6.92. The molecule has 0 aliphatic heterocycles. The Kier molecular flexibility index (Phi) is 6.02. The smallest absolute Gasteiger partial charge is 0.226 e. The lowest BCUT2D eigenvalue weighted by Crippen LogP contribution is -2.01. The van der Waals surface area contributed by atoms with Gasteiger partial charge >= 0.3 is 0 Å². The molecule has 0 spiro atoms. The van der Waals surface area contributed by atoms with Gasteiger partial charge in [0.2, 0.25) is 5.24 Å². The van der Waals surface area contributed by atoms with Crippen molar-refractivity contribution in [2.75, 3.05) is 0 Å². The average Bonchev–Trinajstić information content (AvgIpc) is 2.62. The van der Waals surface area contributed by atoms with Crippen molar-refractivity contribution in [3.05, 3.63) is 82.1 Å². The minimum atomic E-state index is -0.354. The van der Waals surface area contributed by atoms with E-state index in [-0.39, 0.29) is 11.7 Å². The van der Waals surface area contributed by atoms with E-state index in [4.69, 9.17) is 28.2 Å². The summed E-state index contributed by atoms with van der Waals surface area (Å²) in [5.41, 5.74) is 4.88. The summed E-state index contributed by atoms with van der Waals surface area (Å²) < 4.78 is 0. The van der Waals surface area contributed by atoms with Gasteiger partial charge in [-0.25, -0.2) is 9.97 Å². The molecule has 0 radical (unpaired) electrons. The molecule has 2 aromatic carbocycles. The number of aryl methyl sites for hydroxylation is 1. The fourth-order valence-corrected chi connectivity index (χ4v) is 3.07. The third-order valence-electron chi connectivity index (χ3n) is 4.03. The van der Waals surface area contributed by atoms with E-state index in [1.165, 1.54) is 0 Å². The van der Waals surface area contributed by atoms with Crippen LogP contribution in [-0.4, -0.2) is 15.2 Å². The molecule has 0 aliphatic carbocycles. The SMILES string of the molecule is CCc1cc(Cc2ccc(CC(=O)Cl)cc2)nc(-c2cccc(Cl)c2)n1. The highest BCUT2D eigenvalue weighted by atomic mass is 35.5. The van der Waals surface area contributed by atoms with E-state index in [2.05, 4.69) is 11.9 Å². The number of carbonyl (C=O) groups is 1. The predicted molar refractivity (Wildman–Crippen MR) is 106 cm³/mol.